The van der Waals surface area contributed by atoms with Gasteiger partial charge in [0.1, 0.15) is 5.75 Å². The molecule has 0 atom stereocenters. The molecule has 1 N–H and O–H groups in total. The van der Waals surface area contributed by atoms with E-state index in [4.69, 9.17) is 16.3 Å². The summed E-state index contributed by atoms with van der Waals surface area (Å²) in [5, 5.41) is 3.85. The van der Waals surface area contributed by atoms with Gasteiger partial charge in [-0.05, 0) is 48.5 Å². The normalized spacial score (nSPS) is 9.77. The fourth-order valence-corrected chi connectivity index (χ4v) is 2.42. The summed E-state index contributed by atoms with van der Waals surface area (Å²) in [5.74, 6) is 0.762. The minimum atomic E-state index is -0.447. The monoisotopic (exact) mass is 389 g/mol. The summed E-state index contributed by atoms with van der Waals surface area (Å²) in [6, 6.07) is 17.6. The van der Waals surface area contributed by atoms with Crippen LogP contribution < -0.4 is 15.4 Å². The van der Waals surface area contributed by atoms with E-state index in [2.05, 4.69) is 10.3 Å². The number of nitrogens with zero attached hydrogens (tertiary/aromatic N) is 2. The number of benzene rings is 2. The van der Waals surface area contributed by atoms with Gasteiger partial charge in [-0.15, -0.1) is 12.4 Å². The van der Waals surface area contributed by atoms with Gasteiger partial charge in [-0.2, -0.15) is 4.99 Å². The predicted octanol–water partition coefficient (Wildman–Crippen LogP) is 4.69. The predicted molar refractivity (Wildman–Crippen MR) is 106 cm³/mol. The average molecular weight is 390 g/mol. The molecular formula is C19H17Cl2N3O2. The third-order valence-corrected chi connectivity index (χ3v) is 3.75. The van der Waals surface area contributed by atoms with Crippen LogP contribution in [0.3, 0.4) is 0 Å². The maximum atomic E-state index is 12.0. The molecule has 134 valence electrons. The van der Waals surface area contributed by atoms with Crippen molar-refractivity contribution in [2.75, 3.05) is 12.4 Å². The first-order valence-corrected chi connectivity index (χ1v) is 7.96. The van der Waals surface area contributed by atoms with Crippen molar-refractivity contribution in [3.63, 3.8) is 0 Å². The van der Waals surface area contributed by atoms with Gasteiger partial charge in [-0.1, -0.05) is 23.7 Å². The molecule has 1 aromatic heterocycles. The highest BCUT2D eigenvalue weighted by molar-refractivity contribution is 6.30. The third-order valence-electron chi connectivity index (χ3n) is 3.50. The molecule has 0 bridgehead atoms. The van der Waals surface area contributed by atoms with E-state index in [1.807, 2.05) is 41.2 Å². The minimum Gasteiger partial charge on any atom is -0.495 e. The number of para-hydroxylation sites is 2. The van der Waals surface area contributed by atoms with Crippen LogP contribution in [0.25, 0.3) is 5.69 Å². The van der Waals surface area contributed by atoms with Crippen LogP contribution in [0, 0.1) is 0 Å². The largest absolute Gasteiger partial charge is 0.495 e. The van der Waals surface area contributed by atoms with E-state index in [0.717, 1.165) is 11.4 Å². The lowest BCUT2D eigenvalue weighted by atomic mass is 10.3. The Balaban J connectivity index is 0.00000243. The number of ether oxygens (including phenoxy) is 1. The van der Waals surface area contributed by atoms with Crippen LogP contribution in [-0.2, 0) is 0 Å². The number of amides is 2. The fraction of sp³-hybridized carbons (Fsp3) is 0.0526. The van der Waals surface area contributed by atoms with Gasteiger partial charge >= 0.3 is 6.03 Å². The Morgan fingerprint density at radius 2 is 1.69 bits per heavy atom. The second-order valence-electron chi connectivity index (χ2n) is 5.18. The Labute approximate surface area is 162 Å². The van der Waals surface area contributed by atoms with Crippen molar-refractivity contribution in [1.29, 1.82) is 0 Å². The Morgan fingerprint density at radius 3 is 2.35 bits per heavy atom. The van der Waals surface area contributed by atoms with Crippen LogP contribution in [0.1, 0.15) is 0 Å². The number of rotatable bonds is 3. The number of methoxy groups -OCH3 is 1. The van der Waals surface area contributed by atoms with Crippen molar-refractivity contribution in [2.24, 2.45) is 4.99 Å². The lowest BCUT2D eigenvalue weighted by Gasteiger charge is -2.10. The summed E-state index contributed by atoms with van der Waals surface area (Å²) in [4.78, 5) is 16.0. The zero-order valence-electron chi connectivity index (χ0n) is 13.9. The zero-order valence-corrected chi connectivity index (χ0v) is 15.5. The second kappa shape index (κ2) is 9.08. The smallest absolute Gasteiger partial charge is 0.345 e. The highest BCUT2D eigenvalue weighted by atomic mass is 35.5. The van der Waals surface area contributed by atoms with Gasteiger partial charge in [0.15, 0.2) is 0 Å². The number of carbonyl (C=O) groups is 1. The Kier molecular flexibility index (Phi) is 6.83. The summed E-state index contributed by atoms with van der Waals surface area (Å²) in [6.07, 6.45) is 3.65. The molecule has 3 aromatic rings. The molecule has 0 unspecified atom stereocenters. The van der Waals surface area contributed by atoms with Crippen molar-refractivity contribution in [3.8, 4) is 11.4 Å². The standard InChI is InChI=1S/C19H16ClN3O2.ClH/c1-25-18-5-3-2-4-17(18)23-12-10-16(11-13-23)22-19(24)21-15-8-6-14(20)7-9-15;/h2-13H,1H3,(H,21,24);1H. The molecule has 2 amide bonds. The van der Waals surface area contributed by atoms with Crippen LogP contribution >= 0.6 is 24.0 Å². The second-order valence-corrected chi connectivity index (χ2v) is 5.62. The SMILES string of the molecule is COc1ccccc1-n1ccc(=NC(=O)Nc2ccc(Cl)cc2)cc1.Cl. The van der Waals surface area contributed by atoms with Crippen LogP contribution in [0.15, 0.2) is 78.0 Å². The number of hydrogen-bond acceptors (Lipinski definition) is 2. The van der Waals surface area contributed by atoms with Gasteiger partial charge < -0.3 is 14.6 Å². The maximum absolute atomic E-state index is 12.0. The Morgan fingerprint density at radius 1 is 1.04 bits per heavy atom. The summed E-state index contributed by atoms with van der Waals surface area (Å²) >= 11 is 5.82. The number of halogens is 2. The number of urea groups is 1. The number of hydrogen-bond donors (Lipinski definition) is 1. The molecule has 3 rings (SSSR count). The molecule has 2 aromatic carbocycles. The molecule has 0 aliphatic heterocycles. The van der Waals surface area contributed by atoms with Crippen molar-refractivity contribution in [3.05, 3.63) is 83.4 Å². The molecule has 0 aliphatic rings. The molecule has 0 saturated heterocycles. The molecular weight excluding hydrogens is 373 g/mol. The van der Waals surface area contributed by atoms with Crippen LogP contribution in [-0.4, -0.2) is 17.7 Å². The third kappa shape index (κ3) is 4.88. The van der Waals surface area contributed by atoms with Crippen LogP contribution in [0.2, 0.25) is 5.02 Å². The number of nitrogens with one attached hydrogen (secondary N) is 1. The Bertz CT molecular complexity index is 933. The van der Waals surface area contributed by atoms with E-state index in [0.29, 0.717) is 16.1 Å². The lowest BCUT2D eigenvalue weighted by Crippen LogP contribution is -2.13. The number of pyridine rings is 1. The molecule has 0 spiro atoms. The van der Waals surface area contributed by atoms with E-state index >= 15 is 0 Å². The fourth-order valence-electron chi connectivity index (χ4n) is 2.30. The first kappa shape index (κ1) is 19.6. The molecule has 0 saturated carbocycles. The van der Waals surface area contributed by atoms with Crippen LogP contribution in [0.4, 0.5) is 10.5 Å². The molecule has 26 heavy (non-hydrogen) atoms. The van der Waals surface area contributed by atoms with Gasteiger partial charge in [0.2, 0.25) is 0 Å². The molecule has 5 nitrogen and oxygen atoms in total. The first-order valence-electron chi connectivity index (χ1n) is 7.59. The van der Waals surface area contributed by atoms with Gasteiger partial charge in [-0.25, -0.2) is 4.79 Å². The average Bonchev–Trinajstić information content (AvgIpc) is 2.64. The number of carbonyl (C=O) groups excluding carboxylic acids is 1. The molecule has 0 aliphatic carbocycles. The summed E-state index contributed by atoms with van der Waals surface area (Å²) in [6.45, 7) is 0. The molecule has 7 heteroatoms. The van der Waals surface area contributed by atoms with Gasteiger partial charge in [-0.3, -0.25) is 0 Å². The van der Waals surface area contributed by atoms with E-state index < -0.39 is 6.03 Å². The van der Waals surface area contributed by atoms with Gasteiger partial charge in [0.25, 0.3) is 0 Å². The summed E-state index contributed by atoms with van der Waals surface area (Å²) in [7, 11) is 1.63. The summed E-state index contributed by atoms with van der Waals surface area (Å²) < 4.78 is 7.25. The summed E-state index contributed by atoms with van der Waals surface area (Å²) in [5.41, 5.74) is 1.54. The zero-order chi connectivity index (χ0) is 17.6. The molecule has 0 radical (unpaired) electrons. The first-order chi connectivity index (χ1) is 12.2. The van der Waals surface area contributed by atoms with Gasteiger partial charge in [0.05, 0.1) is 18.2 Å². The van der Waals surface area contributed by atoms with E-state index in [-0.39, 0.29) is 12.4 Å². The van der Waals surface area contributed by atoms with E-state index in [1.54, 1.807) is 43.5 Å². The highest BCUT2D eigenvalue weighted by Gasteiger charge is 2.02. The van der Waals surface area contributed by atoms with Crippen molar-refractivity contribution in [1.82, 2.24) is 4.57 Å². The quantitative estimate of drug-likeness (QED) is 0.705. The van der Waals surface area contributed by atoms with Crippen molar-refractivity contribution in [2.45, 2.75) is 0 Å². The van der Waals surface area contributed by atoms with E-state index in [1.165, 1.54) is 0 Å². The molecule has 0 fully saturated rings. The van der Waals surface area contributed by atoms with E-state index in [9.17, 15) is 4.79 Å². The minimum absolute atomic E-state index is 0. The molecule has 1 heterocycles. The topological polar surface area (TPSA) is 55.6 Å². The number of aromatic nitrogens is 1. The highest BCUT2D eigenvalue weighted by Crippen LogP contribution is 2.21. The van der Waals surface area contributed by atoms with Crippen LogP contribution in [0.5, 0.6) is 5.75 Å². The van der Waals surface area contributed by atoms with Crippen molar-refractivity contribution < 1.29 is 9.53 Å². The maximum Gasteiger partial charge on any atom is 0.345 e. The van der Waals surface area contributed by atoms with Gasteiger partial charge in [0, 0.05) is 23.1 Å². The lowest BCUT2D eigenvalue weighted by molar-refractivity contribution is 0.259. The number of anilines is 1. The van der Waals surface area contributed by atoms with Crippen molar-refractivity contribution >= 4 is 35.7 Å². The Hall–Kier alpha value is -2.76.